The number of hydrogen-bond acceptors (Lipinski definition) is 6. The van der Waals surface area contributed by atoms with Crippen molar-refractivity contribution < 1.29 is 9.18 Å². The molecule has 4 fully saturated rings. The monoisotopic (exact) mass is 431 g/mol. The highest BCUT2D eigenvalue weighted by molar-refractivity contribution is 5.76. The first-order valence-corrected chi connectivity index (χ1v) is 11.5. The van der Waals surface area contributed by atoms with Gasteiger partial charge in [0.15, 0.2) is 11.6 Å². The largest absolute Gasteiger partial charge is 0.351 e. The van der Waals surface area contributed by atoms with Gasteiger partial charge in [-0.1, -0.05) is 0 Å². The average Bonchev–Trinajstić information content (AvgIpc) is 3.40. The van der Waals surface area contributed by atoms with Crippen LogP contribution in [0.4, 0.5) is 15.0 Å². The first kappa shape index (κ1) is 20.9. The molecule has 5 rings (SSSR count). The molecule has 5 atom stereocenters. The van der Waals surface area contributed by atoms with Crippen molar-refractivity contribution in [1.29, 1.82) is 0 Å². The van der Waals surface area contributed by atoms with Gasteiger partial charge in [0.25, 0.3) is 0 Å². The van der Waals surface area contributed by atoms with Crippen molar-refractivity contribution in [3.05, 3.63) is 23.6 Å². The first-order chi connectivity index (χ1) is 14.8. The maximum Gasteiger partial charge on any atom is 0.320 e. The lowest BCUT2D eigenvalue weighted by atomic mass is 9.90. The zero-order valence-electron chi connectivity index (χ0n) is 18.9. The molecule has 9 heteroatoms. The summed E-state index contributed by atoms with van der Waals surface area (Å²) in [6, 6.07) is 3.99. The third-order valence-corrected chi connectivity index (χ3v) is 7.79. The number of halogens is 1. The maximum absolute atomic E-state index is 14.3. The fourth-order valence-electron chi connectivity index (χ4n) is 5.98. The zero-order valence-corrected chi connectivity index (χ0v) is 18.9. The van der Waals surface area contributed by atoms with Crippen LogP contribution in [-0.4, -0.2) is 81.7 Å². The SMILES string of the molecule is Cc1ccc(F)c(NC2NNC3C2CN(C(=O)N2C[C@@H]4CCCN4C[C@@H]2C)C3(C)C)n1. The number of hydrogen-bond donors (Lipinski definition) is 3. The van der Waals surface area contributed by atoms with Crippen molar-refractivity contribution in [2.75, 3.05) is 31.5 Å². The van der Waals surface area contributed by atoms with Gasteiger partial charge < -0.3 is 15.1 Å². The Morgan fingerprint density at radius 3 is 2.87 bits per heavy atom. The smallest absolute Gasteiger partial charge is 0.320 e. The van der Waals surface area contributed by atoms with Crippen LogP contribution < -0.4 is 16.2 Å². The molecule has 8 nitrogen and oxygen atoms in total. The number of fused-ring (bicyclic) bond motifs is 2. The molecule has 1 aromatic rings. The second-order valence-corrected chi connectivity index (χ2v) is 10.2. The van der Waals surface area contributed by atoms with Crippen LogP contribution in [-0.2, 0) is 0 Å². The van der Waals surface area contributed by atoms with Crippen molar-refractivity contribution in [1.82, 2.24) is 30.5 Å². The Bertz CT molecular complexity index is 864. The van der Waals surface area contributed by atoms with Gasteiger partial charge in [0.2, 0.25) is 0 Å². The van der Waals surface area contributed by atoms with E-state index in [1.165, 1.54) is 18.9 Å². The predicted molar refractivity (Wildman–Crippen MR) is 117 cm³/mol. The van der Waals surface area contributed by atoms with Crippen molar-refractivity contribution in [2.24, 2.45) is 5.92 Å². The Kier molecular flexibility index (Phi) is 5.10. The van der Waals surface area contributed by atoms with Gasteiger partial charge in [0.1, 0.15) is 0 Å². The van der Waals surface area contributed by atoms with Crippen molar-refractivity contribution >= 4 is 11.8 Å². The Balaban J connectivity index is 1.32. The highest BCUT2D eigenvalue weighted by atomic mass is 19.1. The molecule has 0 aliphatic carbocycles. The Labute approximate surface area is 183 Å². The van der Waals surface area contributed by atoms with Gasteiger partial charge in [-0.15, -0.1) is 0 Å². The van der Waals surface area contributed by atoms with Crippen LogP contribution in [0.25, 0.3) is 0 Å². The number of likely N-dealkylation sites (tertiary alicyclic amines) is 1. The number of piperazine rings is 1. The van der Waals surface area contributed by atoms with E-state index < -0.39 is 0 Å². The summed E-state index contributed by atoms with van der Waals surface area (Å²) in [4.78, 5) is 24.6. The van der Waals surface area contributed by atoms with E-state index in [0.717, 1.165) is 25.3 Å². The highest BCUT2D eigenvalue weighted by Crippen LogP contribution is 2.39. The van der Waals surface area contributed by atoms with E-state index in [9.17, 15) is 9.18 Å². The number of aryl methyl sites for hydroxylation is 1. The van der Waals surface area contributed by atoms with Crippen LogP contribution in [0.1, 0.15) is 39.3 Å². The van der Waals surface area contributed by atoms with Gasteiger partial charge in [0, 0.05) is 43.3 Å². The summed E-state index contributed by atoms with van der Waals surface area (Å²) in [5.74, 6) is -0.0263. The summed E-state index contributed by atoms with van der Waals surface area (Å²) in [5.41, 5.74) is 7.02. The molecule has 4 aliphatic heterocycles. The van der Waals surface area contributed by atoms with Gasteiger partial charge in [0.05, 0.1) is 17.7 Å². The summed E-state index contributed by atoms with van der Waals surface area (Å²) >= 11 is 0. The number of hydrazine groups is 1. The van der Waals surface area contributed by atoms with Crippen LogP contribution in [0.2, 0.25) is 0 Å². The third-order valence-electron chi connectivity index (χ3n) is 7.79. The van der Waals surface area contributed by atoms with E-state index in [-0.39, 0.29) is 47.4 Å². The number of nitrogens with zero attached hydrogens (tertiary/aromatic N) is 4. The van der Waals surface area contributed by atoms with Crippen LogP contribution >= 0.6 is 0 Å². The van der Waals surface area contributed by atoms with E-state index in [0.29, 0.717) is 12.6 Å². The van der Waals surface area contributed by atoms with E-state index in [2.05, 4.69) is 51.7 Å². The lowest BCUT2D eigenvalue weighted by molar-refractivity contribution is 0.0499. The summed E-state index contributed by atoms with van der Waals surface area (Å²) in [7, 11) is 0. The third kappa shape index (κ3) is 3.47. The van der Waals surface area contributed by atoms with Gasteiger partial charge in [-0.05, 0) is 59.2 Å². The fraction of sp³-hybridized carbons (Fsp3) is 0.727. The molecule has 1 aromatic heterocycles. The molecule has 3 N–H and O–H groups in total. The average molecular weight is 432 g/mol. The first-order valence-electron chi connectivity index (χ1n) is 11.5. The molecule has 0 bridgehead atoms. The van der Waals surface area contributed by atoms with Gasteiger partial charge >= 0.3 is 6.03 Å². The molecule has 5 heterocycles. The molecule has 3 unspecified atom stereocenters. The molecule has 4 aliphatic rings. The predicted octanol–water partition coefficient (Wildman–Crippen LogP) is 1.74. The van der Waals surface area contributed by atoms with Gasteiger partial charge in [-0.3, -0.25) is 10.3 Å². The molecule has 0 aromatic carbocycles. The van der Waals surface area contributed by atoms with E-state index in [1.807, 2.05) is 11.8 Å². The number of anilines is 1. The number of rotatable bonds is 2. The summed E-state index contributed by atoms with van der Waals surface area (Å²) < 4.78 is 14.3. The quantitative estimate of drug-likeness (QED) is 0.662. The number of carbonyl (C=O) groups excluding carboxylic acids is 1. The Morgan fingerprint density at radius 1 is 1.26 bits per heavy atom. The van der Waals surface area contributed by atoms with Crippen LogP contribution in [0, 0.1) is 18.7 Å². The number of aromatic nitrogens is 1. The molecule has 4 saturated heterocycles. The number of nitrogens with one attached hydrogen (secondary N) is 3. The molecule has 170 valence electrons. The summed E-state index contributed by atoms with van der Waals surface area (Å²) in [6.45, 7) is 11.8. The number of pyridine rings is 1. The topological polar surface area (TPSA) is 75.8 Å². The summed E-state index contributed by atoms with van der Waals surface area (Å²) in [6.07, 6.45) is 2.19. The number of carbonyl (C=O) groups is 1. The van der Waals surface area contributed by atoms with E-state index >= 15 is 0 Å². The summed E-state index contributed by atoms with van der Waals surface area (Å²) in [5, 5.41) is 3.22. The molecular formula is C22H34FN7O. The van der Waals surface area contributed by atoms with Crippen molar-refractivity contribution in [2.45, 2.75) is 70.4 Å². The second kappa shape index (κ2) is 7.56. The molecule has 31 heavy (non-hydrogen) atoms. The van der Waals surface area contributed by atoms with Crippen LogP contribution in [0.3, 0.4) is 0 Å². The number of amides is 2. The minimum Gasteiger partial charge on any atom is -0.351 e. The maximum atomic E-state index is 14.3. The molecule has 2 amide bonds. The standard InChI is InChI=1S/C22H34FN7O/c1-13-7-8-17(23)20(24-13)25-19-16-12-30(22(3,4)18(16)26-27-19)21(31)29-11-15-6-5-9-28(15)10-14(29)2/h7-8,14-16,18-19,26-27H,5-6,9-12H2,1-4H3,(H,24,25)/t14-,15-,16?,18?,19?/m0/s1. The second-order valence-electron chi connectivity index (χ2n) is 10.2. The minimum absolute atomic E-state index is 0.0601. The van der Waals surface area contributed by atoms with Crippen LogP contribution in [0.5, 0.6) is 0 Å². The minimum atomic E-state index is -0.371. The van der Waals surface area contributed by atoms with E-state index in [4.69, 9.17) is 0 Å². The van der Waals surface area contributed by atoms with Crippen molar-refractivity contribution in [3.63, 3.8) is 0 Å². The normalized spacial score (nSPS) is 34.7. The molecular weight excluding hydrogens is 397 g/mol. The Hall–Kier alpha value is -1.97. The Morgan fingerprint density at radius 2 is 2.06 bits per heavy atom. The highest BCUT2D eigenvalue weighted by Gasteiger charge is 2.56. The fourth-order valence-corrected chi connectivity index (χ4v) is 5.98. The van der Waals surface area contributed by atoms with Crippen LogP contribution in [0.15, 0.2) is 12.1 Å². The lowest BCUT2D eigenvalue weighted by Crippen LogP contribution is -2.63. The number of urea groups is 1. The van der Waals surface area contributed by atoms with E-state index in [1.54, 1.807) is 6.07 Å². The van der Waals surface area contributed by atoms with Gasteiger partial charge in [-0.25, -0.2) is 19.6 Å². The van der Waals surface area contributed by atoms with Gasteiger partial charge in [-0.2, -0.15) is 0 Å². The lowest BCUT2D eigenvalue weighted by Gasteiger charge is -2.46. The van der Waals surface area contributed by atoms with Crippen molar-refractivity contribution in [3.8, 4) is 0 Å². The molecule has 0 saturated carbocycles. The zero-order chi connectivity index (χ0) is 21.9. The molecule has 0 spiro atoms. The molecule has 0 radical (unpaired) electrons.